The molecule has 26 heavy (non-hydrogen) atoms. The maximum absolute atomic E-state index is 12.7. The number of amides is 1. The van der Waals surface area contributed by atoms with Crippen molar-refractivity contribution in [1.29, 1.82) is 0 Å². The summed E-state index contributed by atoms with van der Waals surface area (Å²) in [6, 6.07) is 6.49. The highest BCUT2D eigenvalue weighted by Gasteiger charge is 2.27. The zero-order valence-electron chi connectivity index (χ0n) is 15.3. The number of morpholine rings is 1. The van der Waals surface area contributed by atoms with Crippen LogP contribution in [0.4, 0.5) is 5.69 Å². The summed E-state index contributed by atoms with van der Waals surface area (Å²) in [5.74, 6) is -0.151. The van der Waals surface area contributed by atoms with Crippen LogP contribution in [0.15, 0.2) is 29.2 Å². The summed E-state index contributed by atoms with van der Waals surface area (Å²) in [5.41, 5.74) is 0.504. The molecule has 144 valence electrons. The monoisotopic (exact) mass is 381 g/mol. The van der Waals surface area contributed by atoms with Crippen LogP contribution in [-0.2, 0) is 19.6 Å². The molecule has 2 saturated heterocycles. The third-order valence-corrected chi connectivity index (χ3v) is 6.58. The van der Waals surface area contributed by atoms with Crippen molar-refractivity contribution in [2.45, 2.75) is 43.8 Å². The Morgan fingerprint density at radius 3 is 2.50 bits per heavy atom. The van der Waals surface area contributed by atoms with E-state index >= 15 is 0 Å². The largest absolute Gasteiger partial charge is 0.373 e. The lowest BCUT2D eigenvalue weighted by molar-refractivity contribution is -0.121. The molecular weight excluding hydrogens is 354 g/mol. The topological polar surface area (TPSA) is 79.0 Å². The van der Waals surface area contributed by atoms with E-state index < -0.39 is 10.0 Å². The molecule has 1 aromatic rings. The van der Waals surface area contributed by atoms with Crippen LogP contribution >= 0.6 is 0 Å². The molecule has 0 bridgehead atoms. The van der Waals surface area contributed by atoms with Crippen LogP contribution in [0.2, 0.25) is 0 Å². The average molecular weight is 381 g/mol. The second kappa shape index (κ2) is 8.04. The van der Waals surface area contributed by atoms with Gasteiger partial charge >= 0.3 is 0 Å². The molecule has 2 aliphatic heterocycles. The molecule has 2 fully saturated rings. The molecule has 7 nitrogen and oxygen atoms in total. The normalized spacial score (nSPS) is 25.3. The highest BCUT2D eigenvalue weighted by molar-refractivity contribution is 7.89. The number of hydrogen-bond donors (Lipinski definition) is 1. The minimum absolute atomic E-state index is 0.0977. The van der Waals surface area contributed by atoms with E-state index in [0.29, 0.717) is 31.9 Å². The lowest BCUT2D eigenvalue weighted by atomic mass is 10.2. The number of ether oxygens (including phenoxy) is 1. The molecule has 3 rings (SSSR count). The van der Waals surface area contributed by atoms with Crippen molar-refractivity contribution in [2.75, 3.05) is 38.0 Å². The molecule has 2 unspecified atom stereocenters. The number of rotatable bonds is 5. The Bertz CT molecular complexity index is 737. The number of hydrogen-bond acceptors (Lipinski definition) is 5. The van der Waals surface area contributed by atoms with Crippen LogP contribution in [0.5, 0.6) is 0 Å². The molecule has 0 aliphatic carbocycles. The highest BCUT2D eigenvalue weighted by Crippen LogP contribution is 2.23. The van der Waals surface area contributed by atoms with E-state index in [1.54, 1.807) is 18.2 Å². The Hall–Kier alpha value is -1.48. The molecule has 1 N–H and O–H groups in total. The fraction of sp³-hybridized carbons (Fsp3) is 0.611. The standard InChI is InChI=1S/C18H27N3O4S/c1-14-11-20(12-15(2)25-14)13-18(22)19-16-6-5-7-17(10-16)26(23,24)21-8-3-4-9-21/h5-7,10,14-15H,3-4,8-9,11-13H2,1-2H3,(H,19,22). The van der Waals surface area contributed by atoms with Gasteiger partial charge in [-0.25, -0.2) is 8.42 Å². The number of benzene rings is 1. The maximum Gasteiger partial charge on any atom is 0.243 e. The summed E-state index contributed by atoms with van der Waals surface area (Å²) in [6.45, 7) is 6.79. The Balaban J connectivity index is 1.64. The van der Waals surface area contributed by atoms with Gasteiger partial charge in [-0.2, -0.15) is 4.31 Å². The first-order valence-electron chi connectivity index (χ1n) is 9.12. The van der Waals surface area contributed by atoms with Gasteiger partial charge in [0.1, 0.15) is 0 Å². The molecule has 2 atom stereocenters. The molecule has 0 aromatic heterocycles. The fourth-order valence-electron chi connectivity index (χ4n) is 3.63. The third kappa shape index (κ3) is 4.62. The molecule has 2 aliphatic rings. The van der Waals surface area contributed by atoms with Gasteiger partial charge in [-0.15, -0.1) is 0 Å². The van der Waals surface area contributed by atoms with Crippen LogP contribution in [0.1, 0.15) is 26.7 Å². The van der Waals surface area contributed by atoms with Gasteiger partial charge in [0.05, 0.1) is 23.6 Å². The number of carbonyl (C=O) groups is 1. The van der Waals surface area contributed by atoms with Crippen LogP contribution in [0, 0.1) is 0 Å². The Kier molecular flexibility index (Phi) is 5.96. The number of carbonyl (C=O) groups excluding carboxylic acids is 1. The van der Waals surface area contributed by atoms with Crippen molar-refractivity contribution in [3.05, 3.63) is 24.3 Å². The van der Waals surface area contributed by atoms with Crippen LogP contribution in [0.3, 0.4) is 0 Å². The third-order valence-electron chi connectivity index (χ3n) is 4.68. The molecule has 2 heterocycles. The lowest BCUT2D eigenvalue weighted by Crippen LogP contribution is -2.48. The van der Waals surface area contributed by atoms with E-state index in [1.807, 2.05) is 13.8 Å². The summed E-state index contributed by atoms with van der Waals surface area (Å²) in [6.07, 6.45) is 1.99. The van der Waals surface area contributed by atoms with Crippen molar-refractivity contribution in [2.24, 2.45) is 0 Å². The van der Waals surface area contributed by atoms with Gasteiger partial charge in [0.15, 0.2) is 0 Å². The number of anilines is 1. The Morgan fingerprint density at radius 2 is 1.85 bits per heavy atom. The predicted molar refractivity (Wildman–Crippen MR) is 99.5 cm³/mol. The molecule has 8 heteroatoms. The van der Waals surface area contributed by atoms with Crippen molar-refractivity contribution < 1.29 is 17.9 Å². The van der Waals surface area contributed by atoms with Gasteiger partial charge in [-0.3, -0.25) is 9.69 Å². The van der Waals surface area contributed by atoms with E-state index in [2.05, 4.69) is 10.2 Å². The van der Waals surface area contributed by atoms with Gasteiger partial charge in [0, 0.05) is 31.9 Å². The first-order chi connectivity index (χ1) is 12.3. The summed E-state index contributed by atoms with van der Waals surface area (Å²) in [7, 11) is -3.48. The van der Waals surface area contributed by atoms with E-state index in [-0.39, 0.29) is 29.6 Å². The van der Waals surface area contributed by atoms with Crippen molar-refractivity contribution >= 4 is 21.6 Å². The van der Waals surface area contributed by atoms with Gasteiger partial charge < -0.3 is 10.1 Å². The summed E-state index contributed by atoms with van der Waals surface area (Å²) >= 11 is 0. The van der Waals surface area contributed by atoms with Crippen molar-refractivity contribution in [3.63, 3.8) is 0 Å². The van der Waals surface area contributed by atoms with E-state index in [1.165, 1.54) is 10.4 Å². The van der Waals surface area contributed by atoms with Crippen LogP contribution in [-0.4, -0.2) is 68.5 Å². The quantitative estimate of drug-likeness (QED) is 0.837. The van der Waals surface area contributed by atoms with E-state index in [0.717, 1.165) is 12.8 Å². The summed E-state index contributed by atoms with van der Waals surface area (Å²) in [5, 5.41) is 2.82. The molecule has 0 saturated carbocycles. The number of nitrogens with one attached hydrogen (secondary N) is 1. The minimum Gasteiger partial charge on any atom is -0.373 e. The van der Waals surface area contributed by atoms with E-state index in [4.69, 9.17) is 4.74 Å². The SMILES string of the molecule is CC1CN(CC(=O)Nc2cccc(S(=O)(=O)N3CCCC3)c2)CC(C)O1. The number of nitrogens with zero attached hydrogens (tertiary/aromatic N) is 2. The zero-order valence-corrected chi connectivity index (χ0v) is 16.2. The number of sulfonamides is 1. The molecule has 0 spiro atoms. The molecule has 0 radical (unpaired) electrons. The fourth-order valence-corrected chi connectivity index (χ4v) is 5.19. The first-order valence-corrected chi connectivity index (χ1v) is 10.6. The van der Waals surface area contributed by atoms with Crippen molar-refractivity contribution in [3.8, 4) is 0 Å². The highest BCUT2D eigenvalue weighted by atomic mass is 32.2. The smallest absolute Gasteiger partial charge is 0.243 e. The summed E-state index contributed by atoms with van der Waals surface area (Å²) in [4.78, 5) is 14.6. The predicted octanol–water partition coefficient (Wildman–Crippen LogP) is 1.52. The van der Waals surface area contributed by atoms with Gasteiger partial charge in [0.2, 0.25) is 15.9 Å². The lowest BCUT2D eigenvalue weighted by Gasteiger charge is -2.34. The van der Waals surface area contributed by atoms with Crippen LogP contribution < -0.4 is 5.32 Å². The molecule has 1 aromatic carbocycles. The van der Waals surface area contributed by atoms with Gasteiger partial charge in [0.25, 0.3) is 0 Å². The Morgan fingerprint density at radius 1 is 1.19 bits per heavy atom. The molecular formula is C18H27N3O4S. The van der Waals surface area contributed by atoms with Crippen molar-refractivity contribution in [1.82, 2.24) is 9.21 Å². The second-order valence-corrected chi connectivity index (χ2v) is 9.08. The molecule has 1 amide bonds. The summed E-state index contributed by atoms with van der Waals surface area (Å²) < 4.78 is 32.5. The average Bonchev–Trinajstić information content (AvgIpc) is 3.09. The second-order valence-electron chi connectivity index (χ2n) is 7.14. The maximum atomic E-state index is 12.7. The van der Waals surface area contributed by atoms with Gasteiger partial charge in [-0.05, 0) is 44.9 Å². The zero-order chi connectivity index (χ0) is 18.7. The van der Waals surface area contributed by atoms with Gasteiger partial charge in [-0.1, -0.05) is 6.07 Å². The van der Waals surface area contributed by atoms with Crippen LogP contribution in [0.25, 0.3) is 0 Å². The first kappa shape index (κ1) is 19.3. The minimum atomic E-state index is -3.48. The Labute approximate surface area is 155 Å². The van der Waals surface area contributed by atoms with E-state index in [9.17, 15) is 13.2 Å².